The topological polar surface area (TPSA) is 118 Å². The summed E-state index contributed by atoms with van der Waals surface area (Å²) in [7, 11) is 0. The molecular formula is C16H18N6O3. The summed E-state index contributed by atoms with van der Waals surface area (Å²) in [5.41, 5.74) is 0.507. The van der Waals surface area contributed by atoms with Crippen molar-refractivity contribution in [1.29, 1.82) is 5.26 Å². The van der Waals surface area contributed by atoms with Crippen LogP contribution in [-0.2, 0) is 9.59 Å². The molecule has 2 N–H and O–H groups in total. The molecule has 0 saturated carbocycles. The largest absolute Gasteiger partial charge is 0.354 e. The number of hydrogen-bond donors (Lipinski definition) is 2. The molecule has 0 aliphatic carbocycles. The summed E-state index contributed by atoms with van der Waals surface area (Å²) < 4.78 is 0. The predicted octanol–water partition coefficient (Wildman–Crippen LogP) is -0.410. The Morgan fingerprint density at radius 1 is 1.32 bits per heavy atom. The molecule has 4 amide bonds. The first kappa shape index (κ1) is 16.7. The number of aromatic nitrogens is 1. The van der Waals surface area contributed by atoms with Crippen molar-refractivity contribution in [1.82, 2.24) is 20.5 Å². The van der Waals surface area contributed by atoms with Crippen molar-refractivity contribution in [2.45, 2.75) is 18.9 Å². The molecule has 25 heavy (non-hydrogen) atoms. The normalized spacial score (nSPS) is 20.5. The van der Waals surface area contributed by atoms with Crippen molar-refractivity contribution >= 4 is 23.7 Å². The maximum absolute atomic E-state index is 12.4. The standard InChI is InChI=1S/C16H18N6O3/c17-10-11-3-1-4-18-14(11)22-6-2-5-21(7-8-22)13(23)9-12-15(24)20-16(25)19-12/h1,3-4,12H,2,5-9H2,(H2,19,20,24,25)/t12-/m1/s1. The first-order valence-corrected chi connectivity index (χ1v) is 8.07. The summed E-state index contributed by atoms with van der Waals surface area (Å²) in [4.78, 5) is 43.1. The average molecular weight is 342 g/mol. The van der Waals surface area contributed by atoms with Gasteiger partial charge in [-0.1, -0.05) is 0 Å². The lowest BCUT2D eigenvalue weighted by atomic mass is 10.2. The van der Waals surface area contributed by atoms with Crippen LogP contribution in [0.15, 0.2) is 18.3 Å². The van der Waals surface area contributed by atoms with Crippen LogP contribution in [0.1, 0.15) is 18.4 Å². The maximum atomic E-state index is 12.4. The second-order valence-electron chi connectivity index (χ2n) is 5.93. The molecule has 1 atom stereocenters. The summed E-state index contributed by atoms with van der Waals surface area (Å²) in [6, 6.07) is 4.20. The number of anilines is 1. The van der Waals surface area contributed by atoms with Gasteiger partial charge in [-0.15, -0.1) is 0 Å². The highest BCUT2D eigenvalue weighted by atomic mass is 16.2. The van der Waals surface area contributed by atoms with Gasteiger partial charge in [0.15, 0.2) is 0 Å². The van der Waals surface area contributed by atoms with Crippen LogP contribution >= 0.6 is 0 Å². The van der Waals surface area contributed by atoms with E-state index in [0.29, 0.717) is 37.6 Å². The Hall–Kier alpha value is -3.15. The Bertz CT molecular complexity index is 744. The van der Waals surface area contributed by atoms with E-state index < -0.39 is 18.0 Å². The minimum atomic E-state index is -0.805. The molecule has 9 nitrogen and oxygen atoms in total. The first-order valence-electron chi connectivity index (χ1n) is 8.07. The van der Waals surface area contributed by atoms with E-state index in [9.17, 15) is 19.6 Å². The highest BCUT2D eigenvalue weighted by molar-refractivity contribution is 6.05. The fourth-order valence-electron chi connectivity index (χ4n) is 3.02. The van der Waals surface area contributed by atoms with E-state index in [-0.39, 0.29) is 12.3 Å². The maximum Gasteiger partial charge on any atom is 0.322 e. The average Bonchev–Trinajstić information content (AvgIpc) is 2.80. The van der Waals surface area contributed by atoms with Crippen LogP contribution in [0.4, 0.5) is 10.6 Å². The quantitative estimate of drug-likeness (QED) is 0.721. The van der Waals surface area contributed by atoms with Crippen molar-refractivity contribution in [3.63, 3.8) is 0 Å². The van der Waals surface area contributed by atoms with Gasteiger partial charge in [0.2, 0.25) is 5.91 Å². The van der Waals surface area contributed by atoms with Gasteiger partial charge >= 0.3 is 6.03 Å². The monoisotopic (exact) mass is 342 g/mol. The number of amides is 4. The van der Waals surface area contributed by atoms with Gasteiger partial charge in [-0.05, 0) is 18.6 Å². The number of carbonyl (C=O) groups excluding carboxylic acids is 3. The summed E-state index contributed by atoms with van der Waals surface area (Å²) in [5.74, 6) is -0.0191. The third kappa shape index (κ3) is 3.68. The first-order chi connectivity index (χ1) is 12.1. The van der Waals surface area contributed by atoms with E-state index in [4.69, 9.17) is 0 Å². The Morgan fingerprint density at radius 2 is 2.16 bits per heavy atom. The van der Waals surface area contributed by atoms with E-state index >= 15 is 0 Å². The number of pyridine rings is 1. The van der Waals surface area contributed by atoms with E-state index in [1.807, 2.05) is 4.90 Å². The summed E-state index contributed by atoms with van der Waals surface area (Å²) in [6.07, 6.45) is 2.33. The molecule has 0 aromatic carbocycles. The molecule has 0 spiro atoms. The molecule has 9 heteroatoms. The molecule has 2 fully saturated rings. The summed E-state index contributed by atoms with van der Waals surface area (Å²) >= 11 is 0. The smallest absolute Gasteiger partial charge is 0.322 e. The Kier molecular flexibility index (Phi) is 4.79. The number of nitrogens with one attached hydrogen (secondary N) is 2. The molecule has 2 aliphatic rings. The zero-order valence-corrected chi connectivity index (χ0v) is 13.6. The van der Waals surface area contributed by atoms with Crippen molar-refractivity contribution in [3.8, 4) is 6.07 Å². The van der Waals surface area contributed by atoms with Crippen molar-refractivity contribution in [3.05, 3.63) is 23.9 Å². The SMILES string of the molecule is N#Cc1cccnc1N1CCCN(C(=O)C[C@H]2NC(=O)NC2=O)CC1. The number of hydrogen-bond acceptors (Lipinski definition) is 6. The van der Waals surface area contributed by atoms with Crippen LogP contribution in [0.3, 0.4) is 0 Å². The molecule has 2 saturated heterocycles. The molecule has 3 rings (SSSR count). The van der Waals surface area contributed by atoms with Crippen LogP contribution in [0.25, 0.3) is 0 Å². The van der Waals surface area contributed by atoms with Crippen LogP contribution in [0, 0.1) is 11.3 Å². The number of nitriles is 1. The molecule has 1 aromatic heterocycles. The van der Waals surface area contributed by atoms with Crippen LogP contribution in [-0.4, -0.2) is 60.0 Å². The number of urea groups is 1. The molecule has 0 unspecified atom stereocenters. The van der Waals surface area contributed by atoms with Crippen LogP contribution < -0.4 is 15.5 Å². The fraction of sp³-hybridized carbons (Fsp3) is 0.438. The van der Waals surface area contributed by atoms with E-state index in [1.54, 1.807) is 23.2 Å². The number of carbonyl (C=O) groups is 3. The molecular weight excluding hydrogens is 324 g/mol. The lowest BCUT2D eigenvalue weighted by Crippen LogP contribution is -2.40. The fourth-order valence-corrected chi connectivity index (χ4v) is 3.02. The highest BCUT2D eigenvalue weighted by Crippen LogP contribution is 2.18. The third-order valence-electron chi connectivity index (χ3n) is 4.29. The molecule has 130 valence electrons. The van der Waals surface area contributed by atoms with Crippen molar-refractivity contribution in [2.24, 2.45) is 0 Å². The predicted molar refractivity (Wildman–Crippen MR) is 87.4 cm³/mol. The van der Waals surface area contributed by atoms with Crippen LogP contribution in [0.5, 0.6) is 0 Å². The van der Waals surface area contributed by atoms with E-state index in [2.05, 4.69) is 21.7 Å². The van der Waals surface area contributed by atoms with Crippen molar-refractivity contribution in [2.75, 3.05) is 31.1 Å². The van der Waals surface area contributed by atoms with Gasteiger partial charge in [0.1, 0.15) is 17.9 Å². The van der Waals surface area contributed by atoms with Gasteiger partial charge in [-0.3, -0.25) is 14.9 Å². The highest BCUT2D eigenvalue weighted by Gasteiger charge is 2.33. The van der Waals surface area contributed by atoms with Gasteiger partial charge in [-0.2, -0.15) is 5.26 Å². The van der Waals surface area contributed by atoms with Crippen LogP contribution in [0.2, 0.25) is 0 Å². The van der Waals surface area contributed by atoms with Gasteiger partial charge < -0.3 is 15.1 Å². The summed E-state index contributed by atoms with van der Waals surface area (Å²) in [6.45, 7) is 2.28. The zero-order chi connectivity index (χ0) is 17.8. The molecule has 3 heterocycles. The Labute approximate surface area is 144 Å². The van der Waals surface area contributed by atoms with Gasteiger partial charge in [0.25, 0.3) is 5.91 Å². The number of imide groups is 1. The molecule has 0 bridgehead atoms. The third-order valence-corrected chi connectivity index (χ3v) is 4.29. The second-order valence-corrected chi connectivity index (χ2v) is 5.93. The second kappa shape index (κ2) is 7.17. The van der Waals surface area contributed by atoms with Gasteiger partial charge in [-0.25, -0.2) is 9.78 Å². The zero-order valence-electron chi connectivity index (χ0n) is 13.6. The molecule has 1 aromatic rings. The minimum Gasteiger partial charge on any atom is -0.354 e. The lowest BCUT2D eigenvalue weighted by Gasteiger charge is -2.24. The Morgan fingerprint density at radius 3 is 2.88 bits per heavy atom. The van der Waals surface area contributed by atoms with E-state index in [1.165, 1.54) is 0 Å². The minimum absolute atomic E-state index is 0.0510. The van der Waals surface area contributed by atoms with Gasteiger partial charge in [0.05, 0.1) is 12.0 Å². The molecule has 2 aliphatic heterocycles. The lowest BCUT2D eigenvalue weighted by molar-refractivity contribution is -0.133. The van der Waals surface area contributed by atoms with Gasteiger partial charge in [0, 0.05) is 32.4 Å². The molecule has 0 radical (unpaired) electrons. The number of rotatable bonds is 3. The van der Waals surface area contributed by atoms with Crippen molar-refractivity contribution < 1.29 is 14.4 Å². The van der Waals surface area contributed by atoms with E-state index in [0.717, 1.165) is 6.42 Å². The number of nitrogens with zero attached hydrogens (tertiary/aromatic N) is 4. The summed E-state index contributed by atoms with van der Waals surface area (Å²) in [5, 5.41) is 13.8. The Balaban J connectivity index is 1.62.